The van der Waals surface area contributed by atoms with Gasteiger partial charge in [-0.15, -0.1) is 6.58 Å². The van der Waals surface area contributed by atoms with Crippen molar-refractivity contribution < 1.29 is 24.8 Å². The van der Waals surface area contributed by atoms with E-state index in [1.54, 1.807) is 19.9 Å². The van der Waals surface area contributed by atoms with E-state index in [4.69, 9.17) is 4.42 Å². The molecule has 124 valence electrons. The third kappa shape index (κ3) is 2.00. The van der Waals surface area contributed by atoms with Crippen LogP contribution in [-0.4, -0.2) is 20.4 Å². The average Bonchev–Trinajstić information content (AvgIpc) is 2.50. The highest BCUT2D eigenvalue weighted by Gasteiger charge is 2.28. The minimum absolute atomic E-state index is 0.00106. The molecule has 6 heteroatoms. The van der Waals surface area contributed by atoms with Crippen molar-refractivity contribution in [2.45, 2.75) is 19.3 Å². The number of aromatic hydroxyl groups is 4. The molecule has 0 aliphatic heterocycles. The van der Waals surface area contributed by atoms with E-state index in [2.05, 4.69) is 6.58 Å². The van der Waals surface area contributed by atoms with Gasteiger partial charge in [0.25, 0.3) is 0 Å². The zero-order valence-corrected chi connectivity index (χ0v) is 13.1. The van der Waals surface area contributed by atoms with E-state index in [-0.39, 0.29) is 33.3 Å². The van der Waals surface area contributed by atoms with Gasteiger partial charge in [0.05, 0.1) is 5.39 Å². The Morgan fingerprint density at radius 3 is 2.38 bits per heavy atom. The highest BCUT2D eigenvalue weighted by atomic mass is 16.4. The maximum absolute atomic E-state index is 12.7. The summed E-state index contributed by atoms with van der Waals surface area (Å²) >= 11 is 0. The van der Waals surface area contributed by atoms with E-state index in [1.807, 2.05) is 0 Å². The van der Waals surface area contributed by atoms with Gasteiger partial charge in [-0.3, -0.25) is 4.79 Å². The van der Waals surface area contributed by atoms with Crippen LogP contribution in [0.15, 0.2) is 40.1 Å². The first-order valence-corrected chi connectivity index (χ1v) is 7.19. The summed E-state index contributed by atoms with van der Waals surface area (Å²) < 4.78 is 5.45. The number of allylic oxidation sites excluding steroid dienone is 1. The van der Waals surface area contributed by atoms with E-state index < -0.39 is 28.1 Å². The fourth-order valence-electron chi connectivity index (χ4n) is 2.76. The van der Waals surface area contributed by atoms with Crippen LogP contribution in [0, 0.1) is 0 Å². The average molecular weight is 328 g/mol. The molecule has 0 atom stereocenters. The summed E-state index contributed by atoms with van der Waals surface area (Å²) in [6, 6.07) is 3.65. The second-order valence-electron chi connectivity index (χ2n) is 6.16. The zero-order chi connectivity index (χ0) is 17.8. The minimum atomic E-state index is -0.791. The molecule has 1 heterocycles. The first-order chi connectivity index (χ1) is 11.2. The lowest BCUT2D eigenvalue weighted by Gasteiger charge is -2.23. The van der Waals surface area contributed by atoms with Crippen molar-refractivity contribution in [1.29, 1.82) is 0 Å². The molecule has 0 bridgehead atoms. The molecule has 0 unspecified atom stereocenters. The largest absolute Gasteiger partial charge is 0.507 e. The molecule has 0 aliphatic carbocycles. The molecule has 0 aliphatic rings. The molecule has 0 fully saturated rings. The number of hydrogen-bond donors (Lipinski definition) is 4. The van der Waals surface area contributed by atoms with Gasteiger partial charge in [0.15, 0.2) is 11.3 Å². The number of benzene rings is 2. The molecule has 24 heavy (non-hydrogen) atoms. The van der Waals surface area contributed by atoms with Crippen molar-refractivity contribution in [3.05, 3.63) is 46.6 Å². The van der Waals surface area contributed by atoms with Crippen LogP contribution in [0.4, 0.5) is 0 Å². The Hall–Kier alpha value is -3.15. The third-order valence-corrected chi connectivity index (χ3v) is 4.19. The number of rotatable bonds is 2. The van der Waals surface area contributed by atoms with E-state index in [9.17, 15) is 25.2 Å². The van der Waals surface area contributed by atoms with Crippen LogP contribution in [0.25, 0.3) is 21.9 Å². The normalized spacial score (nSPS) is 11.9. The molecule has 1 aromatic heterocycles. The molecule has 3 aromatic rings. The summed E-state index contributed by atoms with van der Waals surface area (Å²) in [5, 5.41) is 40.2. The van der Waals surface area contributed by atoms with E-state index in [0.717, 1.165) is 6.07 Å². The standard InChI is InChI=1S/C18H16O6/c1-4-18(2,3)13-10(20)7-11-12(16(13)23)14(21)8-5-6-9(19)15(22)17(8)24-11/h4-7,19-20,22-23H,1H2,2-3H3. The van der Waals surface area contributed by atoms with Crippen LogP contribution in [0.3, 0.4) is 0 Å². The summed E-state index contributed by atoms with van der Waals surface area (Å²) in [5.74, 6) is -1.70. The number of phenols is 4. The van der Waals surface area contributed by atoms with Crippen molar-refractivity contribution in [3.8, 4) is 23.0 Å². The fourth-order valence-corrected chi connectivity index (χ4v) is 2.76. The summed E-state index contributed by atoms with van der Waals surface area (Å²) in [5.41, 5.74) is -1.55. The van der Waals surface area contributed by atoms with Gasteiger partial charge in [0, 0.05) is 17.0 Å². The molecule has 4 N–H and O–H groups in total. The van der Waals surface area contributed by atoms with Crippen molar-refractivity contribution in [2.24, 2.45) is 0 Å². The van der Waals surface area contributed by atoms with Gasteiger partial charge in [-0.05, 0) is 12.1 Å². The quantitative estimate of drug-likeness (QED) is 0.326. The maximum Gasteiger partial charge on any atom is 0.204 e. The number of phenolic OH excluding ortho intramolecular Hbond substituents is 4. The Labute approximate surface area is 136 Å². The molecule has 0 radical (unpaired) electrons. The Balaban J connectivity index is 2.57. The molecule has 6 nitrogen and oxygen atoms in total. The minimum Gasteiger partial charge on any atom is -0.507 e. The molecule has 3 rings (SSSR count). The summed E-state index contributed by atoms with van der Waals surface area (Å²) in [4.78, 5) is 12.7. The molecule has 2 aromatic carbocycles. The van der Waals surface area contributed by atoms with Gasteiger partial charge in [-0.2, -0.15) is 0 Å². The van der Waals surface area contributed by atoms with Crippen LogP contribution in [0.1, 0.15) is 19.4 Å². The van der Waals surface area contributed by atoms with Crippen LogP contribution in [-0.2, 0) is 5.41 Å². The van der Waals surface area contributed by atoms with Gasteiger partial charge in [-0.1, -0.05) is 19.9 Å². The molecular weight excluding hydrogens is 312 g/mol. The fraction of sp³-hybridized carbons (Fsp3) is 0.167. The van der Waals surface area contributed by atoms with Crippen molar-refractivity contribution in [3.63, 3.8) is 0 Å². The Kier molecular flexibility index (Phi) is 3.23. The van der Waals surface area contributed by atoms with Crippen molar-refractivity contribution >= 4 is 21.9 Å². The van der Waals surface area contributed by atoms with Crippen molar-refractivity contribution in [2.75, 3.05) is 0 Å². The maximum atomic E-state index is 12.7. The molecule has 0 saturated heterocycles. The van der Waals surface area contributed by atoms with Gasteiger partial charge < -0.3 is 24.8 Å². The van der Waals surface area contributed by atoms with Crippen molar-refractivity contribution in [1.82, 2.24) is 0 Å². The monoisotopic (exact) mass is 328 g/mol. The number of fused-ring (bicyclic) bond motifs is 2. The first kappa shape index (κ1) is 15.7. The second-order valence-corrected chi connectivity index (χ2v) is 6.16. The highest BCUT2D eigenvalue weighted by Crippen LogP contribution is 2.44. The lowest BCUT2D eigenvalue weighted by Crippen LogP contribution is -2.15. The Morgan fingerprint density at radius 1 is 1.08 bits per heavy atom. The summed E-state index contributed by atoms with van der Waals surface area (Å²) in [7, 11) is 0. The summed E-state index contributed by atoms with van der Waals surface area (Å²) in [6.45, 7) is 7.14. The first-order valence-electron chi connectivity index (χ1n) is 7.19. The lowest BCUT2D eigenvalue weighted by atomic mass is 9.82. The smallest absolute Gasteiger partial charge is 0.204 e. The highest BCUT2D eigenvalue weighted by molar-refractivity contribution is 5.97. The van der Waals surface area contributed by atoms with Gasteiger partial charge >= 0.3 is 0 Å². The predicted octanol–water partition coefficient (Wildman–Crippen LogP) is 3.23. The topological polar surface area (TPSA) is 111 Å². The van der Waals surface area contributed by atoms with E-state index in [0.29, 0.717) is 0 Å². The lowest BCUT2D eigenvalue weighted by molar-refractivity contribution is 0.400. The van der Waals surface area contributed by atoms with Gasteiger partial charge in [0.2, 0.25) is 11.2 Å². The molecule has 0 amide bonds. The third-order valence-electron chi connectivity index (χ3n) is 4.19. The summed E-state index contributed by atoms with van der Waals surface area (Å²) in [6.07, 6.45) is 1.54. The predicted molar refractivity (Wildman–Crippen MR) is 89.9 cm³/mol. The van der Waals surface area contributed by atoms with Crippen LogP contribution in [0.2, 0.25) is 0 Å². The van der Waals surface area contributed by atoms with Gasteiger partial charge in [-0.25, -0.2) is 0 Å². The molecule has 0 spiro atoms. The van der Waals surface area contributed by atoms with Crippen LogP contribution < -0.4 is 5.43 Å². The molecular formula is C18H16O6. The van der Waals surface area contributed by atoms with Crippen LogP contribution >= 0.6 is 0 Å². The molecule has 0 saturated carbocycles. The Morgan fingerprint density at radius 2 is 1.75 bits per heavy atom. The van der Waals surface area contributed by atoms with Gasteiger partial charge in [0.1, 0.15) is 22.5 Å². The van der Waals surface area contributed by atoms with E-state index in [1.165, 1.54) is 12.1 Å². The zero-order valence-electron chi connectivity index (χ0n) is 13.1. The van der Waals surface area contributed by atoms with Crippen LogP contribution in [0.5, 0.6) is 23.0 Å². The second kappa shape index (κ2) is 4.92. The van der Waals surface area contributed by atoms with E-state index >= 15 is 0 Å². The SMILES string of the molecule is C=CC(C)(C)c1c(O)cc2oc3c(O)c(O)ccc3c(=O)c2c1O. The number of hydrogen-bond acceptors (Lipinski definition) is 6. The Bertz CT molecular complexity index is 1060.